The van der Waals surface area contributed by atoms with Crippen LogP contribution in [-0.2, 0) is 6.42 Å². The van der Waals surface area contributed by atoms with Crippen LogP contribution in [0.3, 0.4) is 0 Å². The van der Waals surface area contributed by atoms with Crippen LogP contribution >= 0.6 is 0 Å². The van der Waals surface area contributed by atoms with Crippen LogP contribution in [0.2, 0.25) is 0 Å². The highest BCUT2D eigenvalue weighted by atomic mass is 16.5. The molecule has 0 saturated heterocycles. The van der Waals surface area contributed by atoms with Crippen LogP contribution in [-0.4, -0.2) is 12.1 Å². The number of hydrogen-bond donors (Lipinski definition) is 1. The van der Waals surface area contributed by atoms with E-state index in [2.05, 4.69) is 69.4 Å². The number of hydrogen-bond acceptors (Lipinski definition) is 2. The van der Waals surface area contributed by atoms with Crippen molar-refractivity contribution >= 4 is 5.69 Å². The Labute approximate surface area is 128 Å². The highest BCUT2D eigenvalue weighted by Gasteiger charge is 2.11. The van der Waals surface area contributed by atoms with Gasteiger partial charge in [0, 0.05) is 12.2 Å². The van der Waals surface area contributed by atoms with Gasteiger partial charge in [0.15, 0.2) is 0 Å². The Kier molecular flexibility index (Phi) is 4.89. The molecule has 2 heteroatoms. The van der Waals surface area contributed by atoms with E-state index in [4.69, 9.17) is 4.74 Å². The second-order valence-corrected chi connectivity index (χ2v) is 6.40. The van der Waals surface area contributed by atoms with E-state index >= 15 is 0 Å². The molecule has 2 aromatic carbocycles. The van der Waals surface area contributed by atoms with Crippen molar-refractivity contribution in [1.82, 2.24) is 0 Å². The van der Waals surface area contributed by atoms with Crippen LogP contribution in [0.5, 0.6) is 5.75 Å². The fourth-order valence-electron chi connectivity index (χ4n) is 2.10. The highest BCUT2D eigenvalue weighted by Crippen LogP contribution is 2.18. The molecule has 0 bridgehead atoms. The number of rotatable bonds is 5. The molecular weight excluding hydrogens is 258 g/mol. The molecule has 0 aliphatic heterocycles. The second kappa shape index (κ2) is 6.66. The van der Waals surface area contributed by atoms with Gasteiger partial charge in [0.25, 0.3) is 0 Å². The third-order valence-electron chi connectivity index (χ3n) is 3.14. The van der Waals surface area contributed by atoms with Crippen molar-refractivity contribution in [2.75, 3.05) is 11.9 Å². The van der Waals surface area contributed by atoms with Gasteiger partial charge in [0.2, 0.25) is 0 Å². The summed E-state index contributed by atoms with van der Waals surface area (Å²) in [6, 6.07) is 16.9. The number of anilines is 1. The monoisotopic (exact) mass is 283 g/mol. The second-order valence-electron chi connectivity index (χ2n) is 6.40. The maximum atomic E-state index is 5.83. The smallest absolute Gasteiger partial charge is 0.120 e. The molecule has 2 rings (SSSR count). The lowest BCUT2D eigenvalue weighted by Gasteiger charge is -2.21. The molecule has 0 aliphatic carbocycles. The molecule has 0 unspecified atom stereocenters. The molecule has 0 fully saturated rings. The summed E-state index contributed by atoms with van der Waals surface area (Å²) in [5, 5.41) is 3.44. The zero-order valence-electron chi connectivity index (χ0n) is 13.4. The minimum atomic E-state index is -0.144. The molecular formula is C19H25NO. The van der Waals surface area contributed by atoms with Crippen LogP contribution in [0.15, 0.2) is 48.5 Å². The summed E-state index contributed by atoms with van der Waals surface area (Å²) in [4.78, 5) is 0. The van der Waals surface area contributed by atoms with E-state index in [0.717, 1.165) is 18.7 Å². The van der Waals surface area contributed by atoms with Crippen LogP contribution in [0.4, 0.5) is 5.69 Å². The molecule has 0 radical (unpaired) electrons. The maximum absolute atomic E-state index is 5.83. The van der Waals surface area contributed by atoms with Gasteiger partial charge in [-0.15, -0.1) is 0 Å². The molecule has 0 amide bonds. The zero-order chi connectivity index (χ0) is 15.3. The predicted octanol–water partition coefficient (Wildman–Crippen LogP) is 4.83. The van der Waals surface area contributed by atoms with Gasteiger partial charge >= 0.3 is 0 Å². The third kappa shape index (κ3) is 5.50. The maximum Gasteiger partial charge on any atom is 0.120 e. The number of aryl methyl sites for hydroxylation is 1. The largest absolute Gasteiger partial charge is 0.488 e. The molecule has 0 aliphatic rings. The molecule has 0 heterocycles. The normalized spacial score (nSPS) is 11.2. The van der Waals surface area contributed by atoms with E-state index < -0.39 is 0 Å². The summed E-state index contributed by atoms with van der Waals surface area (Å²) in [5.74, 6) is 0.928. The highest BCUT2D eigenvalue weighted by molar-refractivity contribution is 5.44. The molecule has 0 aromatic heterocycles. The van der Waals surface area contributed by atoms with Crippen LogP contribution in [0.25, 0.3) is 0 Å². The first kappa shape index (κ1) is 15.4. The summed E-state index contributed by atoms with van der Waals surface area (Å²) in [7, 11) is 0. The van der Waals surface area contributed by atoms with Gasteiger partial charge in [-0.2, -0.15) is 0 Å². The SMILES string of the molecule is Cc1ccc(NCCc2ccc(OC(C)(C)C)cc2)cc1. The van der Waals surface area contributed by atoms with Crippen molar-refractivity contribution in [3.05, 3.63) is 59.7 Å². The summed E-state index contributed by atoms with van der Waals surface area (Å²) >= 11 is 0. The van der Waals surface area contributed by atoms with Crippen molar-refractivity contribution in [3.63, 3.8) is 0 Å². The van der Waals surface area contributed by atoms with Gasteiger partial charge in [0.05, 0.1) is 0 Å². The molecule has 0 atom stereocenters. The topological polar surface area (TPSA) is 21.3 Å². The van der Waals surface area contributed by atoms with Gasteiger partial charge in [-0.1, -0.05) is 29.8 Å². The van der Waals surface area contributed by atoms with Gasteiger partial charge in [-0.25, -0.2) is 0 Å². The van der Waals surface area contributed by atoms with E-state index in [1.807, 2.05) is 12.1 Å². The first-order chi connectivity index (χ1) is 9.92. The fourth-order valence-corrected chi connectivity index (χ4v) is 2.10. The number of nitrogens with one attached hydrogen (secondary N) is 1. The van der Waals surface area contributed by atoms with Crippen LogP contribution in [0, 0.1) is 6.92 Å². The predicted molar refractivity (Wildman–Crippen MR) is 90.2 cm³/mol. The van der Waals surface area contributed by atoms with Crippen molar-refractivity contribution in [1.29, 1.82) is 0 Å². The molecule has 0 saturated carbocycles. The quantitative estimate of drug-likeness (QED) is 0.849. The van der Waals surface area contributed by atoms with Crippen molar-refractivity contribution in [2.24, 2.45) is 0 Å². The lowest BCUT2D eigenvalue weighted by Crippen LogP contribution is -2.22. The van der Waals surface area contributed by atoms with Crippen molar-refractivity contribution < 1.29 is 4.74 Å². The summed E-state index contributed by atoms with van der Waals surface area (Å²) in [6.45, 7) is 9.22. The first-order valence-corrected chi connectivity index (χ1v) is 7.51. The van der Waals surface area contributed by atoms with E-state index in [0.29, 0.717) is 0 Å². The summed E-state index contributed by atoms with van der Waals surface area (Å²) in [6.07, 6.45) is 1.00. The summed E-state index contributed by atoms with van der Waals surface area (Å²) < 4.78 is 5.83. The Bertz CT molecular complexity index is 550. The first-order valence-electron chi connectivity index (χ1n) is 7.51. The Balaban J connectivity index is 1.82. The molecule has 0 spiro atoms. The van der Waals surface area contributed by atoms with Crippen molar-refractivity contribution in [2.45, 2.75) is 39.7 Å². The summed E-state index contributed by atoms with van der Waals surface area (Å²) in [5.41, 5.74) is 3.63. The third-order valence-corrected chi connectivity index (χ3v) is 3.14. The lowest BCUT2D eigenvalue weighted by atomic mass is 10.1. The zero-order valence-corrected chi connectivity index (χ0v) is 13.4. The van der Waals surface area contributed by atoms with Crippen LogP contribution in [0.1, 0.15) is 31.9 Å². The van der Waals surface area contributed by atoms with Crippen molar-refractivity contribution in [3.8, 4) is 5.75 Å². The fraction of sp³-hybridized carbons (Fsp3) is 0.368. The van der Waals surface area contributed by atoms with E-state index in [9.17, 15) is 0 Å². The van der Waals surface area contributed by atoms with Gasteiger partial charge in [-0.05, 0) is 63.9 Å². The lowest BCUT2D eigenvalue weighted by molar-refractivity contribution is 0.131. The Morgan fingerprint density at radius 3 is 2.10 bits per heavy atom. The van der Waals surface area contributed by atoms with Gasteiger partial charge in [0.1, 0.15) is 11.4 Å². The molecule has 112 valence electrons. The number of ether oxygens (including phenoxy) is 1. The Morgan fingerprint density at radius 2 is 1.52 bits per heavy atom. The number of benzene rings is 2. The van der Waals surface area contributed by atoms with Crippen LogP contribution < -0.4 is 10.1 Å². The average molecular weight is 283 g/mol. The van der Waals surface area contributed by atoms with Gasteiger partial charge < -0.3 is 10.1 Å². The minimum Gasteiger partial charge on any atom is -0.488 e. The minimum absolute atomic E-state index is 0.144. The average Bonchev–Trinajstić information content (AvgIpc) is 2.41. The van der Waals surface area contributed by atoms with E-state index in [1.165, 1.54) is 16.8 Å². The van der Waals surface area contributed by atoms with E-state index in [1.54, 1.807) is 0 Å². The molecule has 21 heavy (non-hydrogen) atoms. The standard InChI is InChI=1S/C19H25NO/c1-15-5-9-17(10-6-15)20-14-13-16-7-11-18(12-8-16)21-19(2,3)4/h5-12,20H,13-14H2,1-4H3. The molecule has 2 nitrogen and oxygen atoms in total. The molecule has 1 N–H and O–H groups in total. The molecule has 2 aromatic rings. The van der Waals surface area contributed by atoms with Gasteiger partial charge in [-0.3, -0.25) is 0 Å². The Morgan fingerprint density at radius 1 is 0.905 bits per heavy atom. The Hall–Kier alpha value is -1.96. The van der Waals surface area contributed by atoms with E-state index in [-0.39, 0.29) is 5.60 Å².